The van der Waals surface area contributed by atoms with Crippen LogP contribution in [-0.4, -0.2) is 23.9 Å². The Labute approximate surface area is 189 Å². The van der Waals surface area contributed by atoms with Crippen LogP contribution in [0.5, 0.6) is 5.75 Å². The summed E-state index contributed by atoms with van der Waals surface area (Å²) in [6, 6.07) is 13.4. The quantitative estimate of drug-likeness (QED) is 0.309. The van der Waals surface area contributed by atoms with Gasteiger partial charge in [0.1, 0.15) is 23.4 Å². The van der Waals surface area contributed by atoms with Crippen LogP contribution in [0.1, 0.15) is 41.8 Å². The van der Waals surface area contributed by atoms with E-state index in [1.807, 2.05) is 19.2 Å². The van der Waals surface area contributed by atoms with Crippen molar-refractivity contribution in [2.45, 2.75) is 25.8 Å². The second kappa shape index (κ2) is 8.59. The lowest BCUT2D eigenvalue weighted by Gasteiger charge is -2.24. The van der Waals surface area contributed by atoms with Gasteiger partial charge >= 0.3 is 0 Å². The van der Waals surface area contributed by atoms with Crippen molar-refractivity contribution < 1.29 is 23.8 Å². The number of hydrogen-bond acceptors (Lipinski definition) is 5. The summed E-state index contributed by atoms with van der Waals surface area (Å²) in [5.41, 5.74) is 1.50. The van der Waals surface area contributed by atoms with Crippen LogP contribution in [-0.2, 0) is 9.59 Å². The molecule has 0 bridgehead atoms. The Balaban J connectivity index is 1.92. The van der Waals surface area contributed by atoms with Crippen LogP contribution in [0, 0.1) is 5.82 Å². The Morgan fingerprint density at radius 2 is 1.91 bits per heavy atom. The topological polar surface area (TPSA) is 66.8 Å². The molecule has 1 N–H and O–H groups in total. The van der Waals surface area contributed by atoms with Gasteiger partial charge in [0.2, 0.25) is 0 Å². The third-order valence-electron chi connectivity index (χ3n) is 5.47. The molecule has 0 aliphatic carbocycles. The maximum absolute atomic E-state index is 13.9. The zero-order valence-corrected chi connectivity index (χ0v) is 18.7. The Kier molecular flexibility index (Phi) is 5.84. The Morgan fingerprint density at radius 3 is 2.53 bits per heavy atom. The summed E-state index contributed by atoms with van der Waals surface area (Å²) in [6.45, 7) is 3.99. The molecule has 1 saturated heterocycles. The number of hydrogen-bond donors (Lipinski definition) is 1. The standard InChI is InChI=1S/C25H22FNO4S/c1-14(2)18-12-15(9-10-19(18)31-3)23(28)21-22(20-8-5-11-32-20)27(25(30)24(21)29)17-7-4-6-16(26)13-17/h4-14,22,28H,1-3H3/b23-21-. The highest BCUT2D eigenvalue weighted by Gasteiger charge is 2.47. The number of aliphatic hydroxyl groups excluding tert-OH is 1. The predicted molar refractivity (Wildman–Crippen MR) is 123 cm³/mol. The number of Topliss-reactive ketones (excluding diaryl/α,β-unsaturated/α-hetero) is 1. The van der Waals surface area contributed by atoms with Gasteiger partial charge in [-0.25, -0.2) is 4.39 Å². The first-order valence-electron chi connectivity index (χ1n) is 10.1. The molecule has 1 atom stereocenters. The second-order valence-electron chi connectivity index (χ2n) is 7.78. The van der Waals surface area contributed by atoms with Gasteiger partial charge in [0.15, 0.2) is 0 Å². The average Bonchev–Trinajstić information content (AvgIpc) is 3.39. The molecular weight excluding hydrogens is 429 g/mol. The second-order valence-corrected chi connectivity index (χ2v) is 8.76. The molecule has 0 saturated carbocycles. The van der Waals surface area contributed by atoms with Crippen molar-refractivity contribution in [3.8, 4) is 5.75 Å². The van der Waals surface area contributed by atoms with Gasteiger partial charge in [-0.3, -0.25) is 14.5 Å². The molecule has 5 nitrogen and oxygen atoms in total. The summed E-state index contributed by atoms with van der Waals surface area (Å²) in [5, 5.41) is 13.1. The van der Waals surface area contributed by atoms with Gasteiger partial charge in [-0.05, 0) is 59.3 Å². The number of ketones is 1. The average molecular weight is 452 g/mol. The summed E-state index contributed by atoms with van der Waals surface area (Å²) in [5.74, 6) is -1.64. The number of halogens is 1. The first-order chi connectivity index (χ1) is 15.3. The molecule has 1 fully saturated rings. The molecule has 0 radical (unpaired) electrons. The van der Waals surface area contributed by atoms with Crippen LogP contribution in [0.2, 0.25) is 0 Å². The molecule has 2 aromatic carbocycles. The van der Waals surface area contributed by atoms with E-state index in [0.717, 1.165) is 5.56 Å². The molecule has 1 unspecified atom stereocenters. The van der Waals surface area contributed by atoms with E-state index >= 15 is 0 Å². The number of rotatable bonds is 5. The number of benzene rings is 2. The van der Waals surface area contributed by atoms with E-state index in [9.17, 15) is 19.1 Å². The molecule has 0 spiro atoms. The van der Waals surface area contributed by atoms with Crippen molar-refractivity contribution in [2.24, 2.45) is 0 Å². The summed E-state index contributed by atoms with van der Waals surface area (Å²) in [6.07, 6.45) is 0. The van der Waals surface area contributed by atoms with Crippen LogP contribution in [0.4, 0.5) is 10.1 Å². The fourth-order valence-corrected chi connectivity index (χ4v) is 4.75. The van der Waals surface area contributed by atoms with E-state index in [1.54, 1.807) is 43.5 Å². The molecule has 32 heavy (non-hydrogen) atoms. The number of aliphatic hydroxyl groups is 1. The minimum atomic E-state index is -0.860. The van der Waals surface area contributed by atoms with E-state index in [2.05, 4.69) is 0 Å². The van der Waals surface area contributed by atoms with Crippen molar-refractivity contribution in [1.29, 1.82) is 0 Å². The molecule has 1 aromatic heterocycles. The van der Waals surface area contributed by atoms with Crippen LogP contribution in [0.15, 0.2) is 65.6 Å². The first-order valence-corrected chi connectivity index (χ1v) is 11.0. The molecule has 4 rings (SSSR count). The number of methoxy groups -OCH3 is 1. The Morgan fingerprint density at radius 1 is 1.12 bits per heavy atom. The predicted octanol–water partition coefficient (Wildman–Crippen LogP) is 5.65. The molecule has 7 heteroatoms. The maximum Gasteiger partial charge on any atom is 0.300 e. The van der Waals surface area contributed by atoms with Gasteiger partial charge < -0.3 is 9.84 Å². The highest BCUT2D eigenvalue weighted by molar-refractivity contribution is 7.10. The Bertz CT molecular complexity index is 1220. The number of ether oxygens (including phenoxy) is 1. The van der Waals surface area contributed by atoms with Crippen LogP contribution in [0.25, 0.3) is 5.76 Å². The van der Waals surface area contributed by atoms with Gasteiger partial charge in [-0.1, -0.05) is 26.0 Å². The van der Waals surface area contributed by atoms with E-state index < -0.39 is 23.5 Å². The number of carbonyl (C=O) groups excluding carboxylic acids is 2. The van der Waals surface area contributed by atoms with Gasteiger partial charge in [0, 0.05) is 16.1 Å². The minimum Gasteiger partial charge on any atom is -0.507 e. The minimum absolute atomic E-state index is 0.0263. The fourth-order valence-electron chi connectivity index (χ4n) is 3.93. The Hall–Kier alpha value is -3.45. The molecule has 1 aliphatic rings. The van der Waals surface area contributed by atoms with Gasteiger partial charge in [-0.15, -0.1) is 11.3 Å². The lowest BCUT2D eigenvalue weighted by Crippen LogP contribution is -2.29. The molecule has 1 aliphatic heterocycles. The fraction of sp³-hybridized carbons (Fsp3) is 0.200. The van der Waals surface area contributed by atoms with Gasteiger partial charge in [0.25, 0.3) is 11.7 Å². The largest absolute Gasteiger partial charge is 0.507 e. The van der Waals surface area contributed by atoms with E-state index in [0.29, 0.717) is 16.2 Å². The number of thiophene rings is 1. The third-order valence-corrected chi connectivity index (χ3v) is 6.39. The van der Waals surface area contributed by atoms with Crippen molar-refractivity contribution in [3.05, 3.63) is 87.4 Å². The maximum atomic E-state index is 13.9. The molecule has 2 heterocycles. The summed E-state index contributed by atoms with van der Waals surface area (Å²) < 4.78 is 19.3. The monoisotopic (exact) mass is 451 g/mol. The molecule has 164 valence electrons. The molecule has 3 aromatic rings. The zero-order valence-electron chi connectivity index (χ0n) is 17.8. The van der Waals surface area contributed by atoms with Crippen LogP contribution in [0.3, 0.4) is 0 Å². The number of anilines is 1. The smallest absolute Gasteiger partial charge is 0.300 e. The van der Waals surface area contributed by atoms with E-state index in [1.165, 1.54) is 34.4 Å². The lowest BCUT2D eigenvalue weighted by atomic mass is 9.95. The lowest BCUT2D eigenvalue weighted by molar-refractivity contribution is -0.132. The summed E-state index contributed by atoms with van der Waals surface area (Å²) in [4.78, 5) is 28.1. The van der Waals surface area contributed by atoms with Crippen molar-refractivity contribution in [1.82, 2.24) is 0 Å². The summed E-state index contributed by atoms with van der Waals surface area (Å²) in [7, 11) is 1.57. The first kappa shape index (κ1) is 21.8. The third kappa shape index (κ3) is 3.69. The SMILES string of the molecule is COc1ccc(/C(O)=C2/C(=O)C(=O)N(c3cccc(F)c3)C2c2cccs2)cc1C(C)C. The van der Waals surface area contributed by atoms with Gasteiger partial charge in [0.05, 0.1) is 12.7 Å². The number of nitrogens with zero attached hydrogens (tertiary/aromatic N) is 1. The van der Waals surface area contributed by atoms with Crippen LogP contribution < -0.4 is 9.64 Å². The molecule has 1 amide bonds. The van der Waals surface area contributed by atoms with Crippen molar-refractivity contribution in [2.75, 3.05) is 12.0 Å². The van der Waals surface area contributed by atoms with Crippen molar-refractivity contribution >= 4 is 34.5 Å². The highest BCUT2D eigenvalue weighted by atomic mass is 32.1. The normalized spacial score (nSPS) is 17.9. The van der Waals surface area contributed by atoms with Crippen LogP contribution >= 0.6 is 11.3 Å². The van der Waals surface area contributed by atoms with E-state index in [-0.39, 0.29) is 22.9 Å². The van der Waals surface area contributed by atoms with Gasteiger partial charge in [-0.2, -0.15) is 0 Å². The number of carbonyl (C=O) groups is 2. The zero-order chi connectivity index (χ0) is 23.0. The highest BCUT2D eigenvalue weighted by Crippen LogP contribution is 2.44. The van der Waals surface area contributed by atoms with E-state index in [4.69, 9.17) is 4.74 Å². The molecular formula is C25H22FNO4S. The van der Waals surface area contributed by atoms with Crippen molar-refractivity contribution in [3.63, 3.8) is 0 Å². The summed E-state index contributed by atoms with van der Waals surface area (Å²) >= 11 is 1.35. The number of amides is 1.